The third-order valence-electron chi connectivity index (χ3n) is 2.26. The van der Waals surface area contributed by atoms with Gasteiger partial charge in [0.05, 0.1) is 0 Å². The Hall–Kier alpha value is -0.890. The molecule has 2 rings (SSSR count). The second-order valence-electron chi connectivity index (χ2n) is 3.25. The van der Waals surface area contributed by atoms with Crippen molar-refractivity contribution >= 4 is 17.3 Å². The smallest absolute Gasteiger partial charge is 0.129 e. The van der Waals surface area contributed by atoms with Crippen LogP contribution in [-0.4, -0.2) is 17.2 Å². The van der Waals surface area contributed by atoms with E-state index < -0.39 is 0 Å². The SMILES string of the molecule is Cc1cc(Cl)ncc1C1=NCCC1. The standard InChI is InChI=1S/C10H11ClN2/c1-7-5-10(11)13-6-8(7)9-3-2-4-12-9/h5-6H,2-4H2,1H3. The Morgan fingerprint density at radius 3 is 2.92 bits per heavy atom. The van der Waals surface area contributed by atoms with Crippen LogP contribution in [0.3, 0.4) is 0 Å². The highest BCUT2D eigenvalue weighted by molar-refractivity contribution is 6.29. The zero-order valence-corrected chi connectivity index (χ0v) is 8.30. The Bertz CT molecular complexity index is 358. The average Bonchev–Trinajstić information content (AvgIpc) is 2.56. The van der Waals surface area contributed by atoms with Crippen molar-refractivity contribution in [2.24, 2.45) is 4.99 Å². The van der Waals surface area contributed by atoms with Crippen LogP contribution in [-0.2, 0) is 0 Å². The zero-order valence-electron chi connectivity index (χ0n) is 7.55. The fourth-order valence-corrected chi connectivity index (χ4v) is 1.80. The number of aryl methyl sites for hydroxylation is 1. The van der Waals surface area contributed by atoms with Crippen LogP contribution in [0.2, 0.25) is 5.15 Å². The van der Waals surface area contributed by atoms with Crippen molar-refractivity contribution < 1.29 is 0 Å². The lowest BCUT2D eigenvalue weighted by Crippen LogP contribution is -2.00. The predicted molar refractivity (Wildman–Crippen MR) is 54.6 cm³/mol. The molecule has 0 bridgehead atoms. The molecule has 1 aliphatic heterocycles. The maximum atomic E-state index is 5.77. The normalized spacial score (nSPS) is 16.0. The predicted octanol–water partition coefficient (Wildman–Crippen LogP) is 2.63. The van der Waals surface area contributed by atoms with Gasteiger partial charge in [0.25, 0.3) is 0 Å². The summed E-state index contributed by atoms with van der Waals surface area (Å²) in [6.45, 7) is 3.00. The third kappa shape index (κ3) is 1.73. The van der Waals surface area contributed by atoms with Crippen LogP contribution in [0.1, 0.15) is 24.0 Å². The van der Waals surface area contributed by atoms with Gasteiger partial charge in [-0.15, -0.1) is 0 Å². The van der Waals surface area contributed by atoms with E-state index in [9.17, 15) is 0 Å². The van der Waals surface area contributed by atoms with E-state index in [1.165, 1.54) is 11.3 Å². The number of hydrogen-bond donors (Lipinski definition) is 0. The Kier molecular flexibility index (Phi) is 2.32. The number of nitrogens with zero attached hydrogens (tertiary/aromatic N) is 2. The van der Waals surface area contributed by atoms with E-state index in [1.807, 2.05) is 19.2 Å². The van der Waals surface area contributed by atoms with Crippen LogP contribution in [0.5, 0.6) is 0 Å². The second-order valence-corrected chi connectivity index (χ2v) is 3.64. The highest BCUT2D eigenvalue weighted by atomic mass is 35.5. The molecule has 0 atom stereocenters. The largest absolute Gasteiger partial charge is 0.289 e. The first-order valence-corrected chi connectivity index (χ1v) is 4.81. The van der Waals surface area contributed by atoms with Crippen molar-refractivity contribution in [1.82, 2.24) is 4.98 Å². The highest BCUT2D eigenvalue weighted by Crippen LogP contribution is 2.18. The maximum absolute atomic E-state index is 5.77. The molecule has 0 fully saturated rings. The molecule has 3 heteroatoms. The molecule has 13 heavy (non-hydrogen) atoms. The second kappa shape index (κ2) is 3.46. The lowest BCUT2D eigenvalue weighted by atomic mass is 10.1. The summed E-state index contributed by atoms with van der Waals surface area (Å²) in [6.07, 6.45) is 4.06. The van der Waals surface area contributed by atoms with Gasteiger partial charge in [0.15, 0.2) is 0 Å². The number of hydrogen-bond acceptors (Lipinski definition) is 2. The molecule has 0 saturated heterocycles. The molecule has 0 radical (unpaired) electrons. The molecule has 0 saturated carbocycles. The summed E-state index contributed by atoms with van der Waals surface area (Å²) in [6, 6.07) is 1.89. The molecule has 0 aliphatic carbocycles. The topological polar surface area (TPSA) is 25.2 Å². The fourth-order valence-electron chi connectivity index (χ4n) is 1.58. The minimum absolute atomic E-state index is 0.555. The van der Waals surface area contributed by atoms with Gasteiger partial charge >= 0.3 is 0 Å². The zero-order chi connectivity index (χ0) is 9.26. The number of halogens is 1. The minimum atomic E-state index is 0.555. The van der Waals surface area contributed by atoms with E-state index in [0.717, 1.165) is 24.9 Å². The molecule has 68 valence electrons. The quantitative estimate of drug-likeness (QED) is 0.631. The van der Waals surface area contributed by atoms with Gasteiger partial charge in [-0.3, -0.25) is 4.99 Å². The summed E-state index contributed by atoms with van der Waals surface area (Å²) in [4.78, 5) is 8.50. The van der Waals surface area contributed by atoms with Crippen molar-refractivity contribution in [2.75, 3.05) is 6.54 Å². The summed E-state index contributed by atoms with van der Waals surface area (Å²) >= 11 is 5.77. The first-order valence-electron chi connectivity index (χ1n) is 4.43. The Balaban J connectivity index is 2.40. The summed E-state index contributed by atoms with van der Waals surface area (Å²) in [5.74, 6) is 0. The van der Waals surface area contributed by atoms with Gasteiger partial charge in [-0.25, -0.2) is 4.98 Å². The monoisotopic (exact) mass is 194 g/mol. The molecular formula is C10H11ClN2. The summed E-state index contributed by atoms with van der Waals surface area (Å²) < 4.78 is 0. The van der Waals surface area contributed by atoms with Crippen molar-refractivity contribution in [3.05, 3.63) is 28.5 Å². The van der Waals surface area contributed by atoms with Crippen LogP contribution < -0.4 is 0 Å². The van der Waals surface area contributed by atoms with Crippen molar-refractivity contribution in [3.8, 4) is 0 Å². The Morgan fingerprint density at radius 1 is 1.46 bits per heavy atom. The van der Waals surface area contributed by atoms with E-state index in [0.29, 0.717) is 5.15 Å². The van der Waals surface area contributed by atoms with Gasteiger partial charge < -0.3 is 0 Å². The number of rotatable bonds is 1. The molecule has 0 spiro atoms. The summed E-state index contributed by atoms with van der Waals surface area (Å²) in [5, 5.41) is 0.555. The number of aliphatic imine (C=N–C) groups is 1. The van der Waals surface area contributed by atoms with Gasteiger partial charge in [0.1, 0.15) is 5.15 Å². The summed E-state index contributed by atoms with van der Waals surface area (Å²) in [7, 11) is 0. The van der Waals surface area contributed by atoms with Crippen molar-refractivity contribution in [2.45, 2.75) is 19.8 Å². The molecule has 0 unspecified atom stereocenters. The Labute approximate surface area is 82.7 Å². The minimum Gasteiger partial charge on any atom is -0.289 e. The number of aromatic nitrogens is 1. The van der Waals surface area contributed by atoms with E-state index in [4.69, 9.17) is 11.6 Å². The summed E-state index contributed by atoms with van der Waals surface area (Å²) in [5.41, 5.74) is 3.50. The number of pyridine rings is 1. The van der Waals surface area contributed by atoms with Gasteiger partial charge in [-0.1, -0.05) is 11.6 Å². The average molecular weight is 195 g/mol. The van der Waals surface area contributed by atoms with Crippen molar-refractivity contribution in [3.63, 3.8) is 0 Å². The van der Waals surface area contributed by atoms with E-state index in [2.05, 4.69) is 9.98 Å². The van der Waals surface area contributed by atoms with Gasteiger partial charge in [-0.05, 0) is 31.4 Å². The van der Waals surface area contributed by atoms with Crippen LogP contribution >= 0.6 is 11.6 Å². The fraction of sp³-hybridized carbons (Fsp3) is 0.400. The third-order valence-corrected chi connectivity index (χ3v) is 2.47. The first-order chi connectivity index (χ1) is 6.27. The van der Waals surface area contributed by atoms with Crippen LogP contribution in [0, 0.1) is 6.92 Å². The van der Waals surface area contributed by atoms with Gasteiger partial charge in [0, 0.05) is 24.0 Å². The molecule has 1 aromatic rings. The Morgan fingerprint density at radius 2 is 2.31 bits per heavy atom. The van der Waals surface area contributed by atoms with Crippen LogP contribution in [0.4, 0.5) is 0 Å². The van der Waals surface area contributed by atoms with Gasteiger partial charge in [0.2, 0.25) is 0 Å². The van der Waals surface area contributed by atoms with E-state index >= 15 is 0 Å². The molecular weight excluding hydrogens is 184 g/mol. The van der Waals surface area contributed by atoms with Crippen LogP contribution in [0.25, 0.3) is 0 Å². The molecule has 2 heterocycles. The molecule has 2 nitrogen and oxygen atoms in total. The van der Waals surface area contributed by atoms with Crippen LogP contribution in [0.15, 0.2) is 17.3 Å². The molecule has 1 aromatic heterocycles. The van der Waals surface area contributed by atoms with Crippen molar-refractivity contribution in [1.29, 1.82) is 0 Å². The molecule has 0 N–H and O–H groups in total. The molecule has 0 amide bonds. The lowest BCUT2D eigenvalue weighted by Gasteiger charge is -2.04. The van der Waals surface area contributed by atoms with E-state index in [-0.39, 0.29) is 0 Å². The lowest BCUT2D eigenvalue weighted by molar-refractivity contribution is 0.951. The first kappa shape index (κ1) is 8.70. The maximum Gasteiger partial charge on any atom is 0.129 e. The van der Waals surface area contributed by atoms with E-state index in [1.54, 1.807) is 0 Å². The van der Waals surface area contributed by atoms with Gasteiger partial charge in [-0.2, -0.15) is 0 Å². The molecule has 1 aliphatic rings. The molecule has 0 aromatic carbocycles. The highest BCUT2D eigenvalue weighted by Gasteiger charge is 2.11.